The average molecular weight is 313 g/mol. The Morgan fingerprint density at radius 2 is 2.05 bits per heavy atom. The molecule has 0 aliphatic rings. The van der Waals surface area contributed by atoms with Gasteiger partial charge in [-0.25, -0.2) is 5.84 Å². The Kier molecular flexibility index (Phi) is 7.49. The van der Waals surface area contributed by atoms with Crippen LogP contribution in [0.1, 0.15) is 13.3 Å². The highest BCUT2D eigenvalue weighted by Gasteiger charge is 2.32. The number of amidine groups is 1. The molecule has 21 heavy (non-hydrogen) atoms. The second kappa shape index (κ2) is 8.29. The van der Waals surface area contributed by atoms with Crippen LogP contribution in [-0.4, -0.2) is 42.6 Å². The van der Waals surface area contributed by atoms with Gasteiger partial charge in [-0.2, -0.15) is 22.7 Å². The molecule has 0 aliphatic carbocycles. The summed E-state index contributed by atoms with van der Waals surface area (Å²) in [6.07, 6.45) is -3.13. The number of hydrazone groups is 1. The molecular formula is C10H19F4N7. The lowest BCUT2D eigenvalue weighted by Crippen LogP contribution is -2.52. The van der Waals surface area contributed by atoms with Gasteiger partial charge in [-0.05, 0) is 6.42 Å². The van der Waals surface area contributed by atoms with E-state index in [0.29, 0.717) is 5.01 Å². The number of rotatable bonds is 7. The maximum Gasteiger partial charge on any atom is 0.407 e. The van der Waals surface area contributed by atoms with Crippen molar-refractivity contribution < 1.29 is 17.6 Å². The van der Waals surface area contributed by atoms with Crippen molar-refractivity contribution in [1.82, 2.24) is 15.6 Å². The van der Waals surface area contributed by atoms with Crippen LogP contribution in [0.25, 0.3) is 0 Å². The van der Waals surface area contributed by atoms with Gasteiger partial charge in [-0.1, -0.05) is 6.92 Å². The first-order chi connectivity index (χ1) is 9.66. The maximum atomic E-state index is 12.8. The Morgan fingerprint density at radius 3 is 2.38 bits per heavy atom. The molecule has 1 unspecified atom stereocenters. The number of nitrogens with zero attached hydrogens (tertiary/aromatic N) is 2. The van der Waals surface area contributed by atoms with E-state index in [1.165, 1.54) is 7.05 Å². The summed E-state index contributed by atoms with van der Waals surface area (Å²) in [5.74, 6) is 8.90. The highest BCUT2D eigenvalue weighted by Crippen LogP contribution is 2.15. The topological polar surface area (TPSA) is 116 Å². The molecule has 122 valence electrons. The van der Waals surface area contributed by atoms with Crippen molar-refractivity contribution in [1.29, 1.82) is 5.41 Å². The Balaban J connectivity index is 5.02. The van der Waals surface area contributed by atoms with Crippen LogP contribution in [0.15, 0.2) is 17.0 Å². The fourth-order valence-electron chi connectivity index (χ4n) is 1.44. The van der Waals surface area contributed by atoms with Crippen LogP contribution in [0.4, 0.5) is 17.6 Å². The highest BCUT2D eigenvalue weighted by atomic mass is 19.4. The lowest BCUT2D eigenvalue weighted by molar-refractivity contribution is -0.138. The summed E-state index contributed by atoms with van der Waals surface area (Å²) < 4.78 is 49.7. The molecule has 0 radical (unpaired) electrons. The van der Waals surface area contributed by atoms with Crippen molar-refractivity contribution in [2.75, 3.05) is 13.6 Å². The average Bonchev–Trinajstić information content (AvgIpc) is 2.35. The molecule has 0 aromatic heterocycles. The number of allylic oxidation sites excluding steroid dienone is 1. The van der Waals surface area contributed by atoms with Crippen LogP contribution in [0.5, 0.6) is 0 Å². The smallest absolute Gasteiger partial charge is 0.383 e. The molecule has 7 N–H and O–H groups in total. The number of hydrogen-bond donors (Lipinski definition) is 5. The molecule has 0 aromatic carbocycles. The van der Waals surface area contributed by atoms with Crippen molar-refractivity contribution in [2.45, 2.75) is 25.6 Å². The van der Waals surface area contributed by atoms with E-state index in [0.717, 1.165) is 6.20 Å². The van der Waals surface area contributed by atoms with E-state index in [2.05, 4.69) is 15.7 Å². The van der Waals surface area contributed by atoms with Crippen LogP contribution in [0.2, 0.25) is 0 Å². The molecule has 0 spiro atoms. The monoisotopic (exact) mass is 313 g/mol. The van der Waals surface area contributed by atoms with Crippen molar-refractivity contribution in [3.63, 3.8) is 0 Å². The summed E-state index contributed by atoms with van der Waals surface area (Å²) in [4.78, 5) is 0. The maximum absolute atomic E-state index is 12.8. The van der Waals surface area contributed by atoms with Crippen LogP contribution in [0.3, 0.4) is 0 Å². The molecule has 0 aliphatic heterocycles. The molecule has 0 bridgehead atoms. The molecular weight excluding hydrogens is 294 g/mol. The second-order valence-corrected chi connectivity index (χ2v) is 3.98. The summed E-state index contributed by atoms with van der Waals surface area (Å²) >= 11 is 0. The van der Waals surface area contributed by atoms with E-state index in [1.807, 2.05) is 0 Å². The van der Waals surface area contributed by atoms with E-state index in [9.17, 15) is 17.6 Å². The molecule has 1 atom stereocenters. The first-order valence-corrected chi connectivity index (χ1v) is 5.91. The predicted molar refractivity (Wildman–Crippen MR) is 71.8 cm³/mol. The number of hydrogen-bond acceptors (Lipinski definition) is 6. The zero-order valence-corrected chi connectivity index (χ0v) is 11.6. The van der Waals surface area contributed by atoms with Gasteiger partial charge in [-0.15, -0.1) is 0 Å². The molecule has 0 saturated heterocycles. The fourth-order valence-corrected chi connectivity index (χ4v) is 1.44. The number of nitrogens with one attached hydrogen (secondary N) is 3. The Labute approximate surface area is 119 Å². The zero-order valence-electron chi connectivity index (χ0n) is 11.6. The van der Waals surface area contributed by atoms with E-state index in [4.69, 9.17) is 17.1 Å². The molecule has 7 nitrogen and oxygen atoms in total. The lowest BCUT2D eigenvalue weighted by Gasteiger charge is -2.27. The third-order valence-corrected chi connectivity index (χ3v) is 2.43. The molecule has 0 aromatic rings. The normalized spacial score (nSPS) is 14.6. The van der Waals surface area contributed by atoms with Crippen molar-refractivity contribution in [2.24, 2.45) is 16.8 Å². The highest BCUT2D eigenvalue weighted by molar-refractivity contribution is 5.90. The fraction of sp³-hybridized carbons (Fsp3) is 0.600. The van der Waals surface area contributed by atoms with Crippen LogP contribution in [-0.2, 0) is 0 Å². The largest absolute Gasteiger partial charge is 0.407 e. The van der Waals surface area contributed by atoms with E-state index < -0.39 is 24.7 Å². The molecule has 0 heterocycles. The second-order valence-electron chi connectivity index (χ2n) is 3.98. The SMILES string of the molecule is CCC(N/C=C(/NC)C(=N)F)/C(=N/N)N(N)CC(F)(F)F. The van der Waals surface area contributed by atoms with Gasteiger partial charge < -0.3 is 16.5 Å². The molecule has 0 saturated carbocycles. The van der Waals surface area contributed by atoms with Gasteiger partial charge in [0.25, 0.3) is 0 Å². The first kappa shape index (κ1) is 19.0. The summed E-state index contributed by atoms with van der Waals surface area (Å²) in [7, 11) is 1.39. The van der Waals surface area contributed by atoms with Gasteiger partial charge >= 0.3 is 6.18 Å². The van der Waals surface area contributed by atoms with Crippen LogP contribution in [0, 0.1) is 5.41 Å². The summed E-state index contributed by atoms with van der Waals surface area (Å²) in [6, 6.07) is -0.773. The number of hydrazine groups is 1. The van der Waals surface area contributed by atoms with Crippen LogP contribution >= 0.6 is 0 Å². The zero-order chi connectivity index (χ0) is 16.6. The van der Waals surface area contributed by atoms with E-state index in [1.54, 1.807) is 6.92 Å². The Morgan fingerprint density at radius 1 is 1.48 bits per heavy atom. The standard InChI is InChI=1S/C10H19F4N7/c1-3-6(19-4-7(18-2)8(11)15)9(20-16)21(17)5-10(12,13)14/h4,6,15,18-19H,3,5,16-17H2,1-2H3/b7-4+,15-8?,20-9-. The van der Waals surface area contributed by atoms with Gasteiger partial charge in [0.2, 0.25) is 5.97 Å². The van der Waals surface area contributed by atoms with Gasteiger partial charge in [0.1, 0.15) is 12.2 Å². The van der Waals surface area contributed by atoms with E-state index in [-0.39, 0.29) is 18.0 Å². The first-order valence-electron chi connectivity index (χ1n) is 5.91. The molecule has 11 heteroatoms. The van der Waals surface area contributed by atoms with Crippen molar-refractivity contribution in [3.8, 4) is 0 Å². The van der Waals surface area contributed by atoms with Gasteiger partial charge in [0.05, 0.1) is 6.04 Å². The predicted octanol–water partition coefficient (Wildman–Crippen LogP) is 0.372. The Bertz CT molecular complexity index is 405. The molecule has 0 amide bonds. The summed E-state index contributed by atoms with van der Waals surface area (Å²) in [5, 5.41) is 15.5. The minimum absolute atomic E-state index is 0.177. The third kappa shape index (κ3) is 6.79. The minimum Gasteiger partial charge on any atom is -0.383 e. The van der Waals surface area contributed by atoms with Crippen LogP contribution < -0.4 is 22.3 Å². The van der Waals surface area contributed by atoms with E-state index >= 15 is 0 Å². The number of halogens is 4. The number of alkyl halides is 3. The lowest BCUT2D eigenvalue weighted by atomic mass is 10.2. The van der Waals surface area contributed by atoms with Gasteiger partial charge in [-0.3, -0.25) is 10.4 Å². The molecule has 0 rings (SSSR count). The van der Waals surface area contributed by atoms with Gasteiger partial charge in [0, 0.05) is 13.2 Å². The summed E-state index contributed by atoms with van der Waals surface area (Å²) in [5.41, 5.74) is -0.177. The van der Waals surface area contributed by atoms with Crippen molar-refractivity contribution in [3.05, 3.63) is 11.9 Å². The minimum atomic E-state index is -4.52. The summed E-state index contributed by atoms with van der Waals surface area (Å²) in [6.45, 7) is 0.223. The molecule has 0 fully saturated rings. The quantitative estimate of drug-likeness (QED) is 0.153. The van der Waals surface area contributed by atoms with Crippen molar-refractivity contribution >= 4 is 11.8 Å². The van der Waals surface area contributed by atoms with Gasteiger partial charge in [0.15, 0.2) is 5.84 Å². The Hall–Kier alpha value is -2.04. The number of nitrogens with two attached hydrogens (primary N) is 2. The third-order valence-electron chi connectivity index (χ3n) is 2.43.